The lowest BCUT2D eigenvalue weighted by molar-refractivity contribution is -0.127. The topological polar surface area (TPSA) is 71.3 Å². The number of furan rings is 1. The molecular formula is C13H18N2O3. The number of carbonyl (C=O) groups excluding carboxylic acids is 2. The van der Waals surface area contributed by atoms with Crippen LogP contribution in [0, 0.1) is 11.8 Å². The molecule has 98 valence electrons. The van der Waals surface area contributed by atoms with Crippen molar-refractivity contribution in [3.63, 3.8) is 0 Å². The minimum absolute atomic E-state index is 0.0249. The van der Waals surface area contributed by atoms with Gasteiger partial charge in [0.2, 0.25) is 11.8 Å². The van der Waals surface area contributed by atoms with Gasteiger partial charge in [-0.1, -0.05) is 0 Å². The first-order valence-corrected chi connectivity index (χ1v) is 6.18. The molecule has 2 atom stereocenters. The maximum Gasteiger partial charge on any atom is 0.224 e. The first-order valence-electron chi connectivity index (χ1n) is 6.18. The number of hydrogen-bond donors (Lipinski definition) is 2. The van der Waals surface area contributed by atoms with Gasteiger partial charge in [-0.25, -0.2) is 0 Å². The summed E-state index contributed by atoms with van der Waals surface area (Å²) in [5.41, 5.74) is 0. The fourth-order valence-corrected chi connectivity index (χ4v) is 1.88. The summed E-state index contributed by atoms with van der Waals surface area (Å²) in [5, 5.41) is 5.59. The van der Waals surface area contributed by atoms with Crippen molar-refractivity contribution in [1.29, 1.82) is 0 Å². The van der Waals surface area contributed by atoms with Gasteiger partial charge in [0.05, 0.1) is 24.6 Å². The van der Waals surface area contributed by atoms with E-state index in [1.165, 1.54) is 0 Å². The Morgan fingerprint density at radius 1 is 1.39 bits per heavy atom. The van der Waals surface area contributed by atoms with Crippen LogP contribution in [-0.2, 0) is 16.1 Å². The minimum Gasteiger partial charge on any atom is -0.467 e. The van der Waals surface area contributed by atoms with Crippen LogP contribution < -0.4 is 10.6 Å². The summed E-state index contributed by atoms with van der Waals surface area (Å²) >= 11 is 0. The molecule has 0 radical (unpaired) electrons. The second-order valence-electron chi connectivity index (χ2n) is 4.91. The monoisotopic (exact) mass is 250 g/mol. The van der Waals surface area contributed by atoms with E-state index in [4.69, 9.17) is 4.42 Å². The zero-order valence-electron chi connectivity index (χ0n) is 10.6. The Bertz CT molecular complexity index is 425. The van der Waals surface area contributed by atoms with E-state index in [0.717, 1.165) is 0 Å². The molecule has 1 heterocycles. The molecule has 0 saturated heterocycles. The van der Waals surface area contributed by atoms with Gasteiger partial charge in [0.15, 0.2) is 0 Å². The van der Waals surface area contributed by atoms with Gasteiger partial charge in [-0.05, 0) is 32.4 Å². The van der Waals surface area contributed by atoms with Crippen LogP contribution in [-0.4, -0.2) is 17.9 Å². The van der Waals surface area contributed by atoms with Gasteiger partial charge in [-0.15, -0.1) is 0 Å². The van der Waals surface area contributed by atoms with Crippen LogP contribution in [0.4, 0.5) is 0 Å². The summed E-state index contributed by atoms with van der Waals surface area (Å²) in [6.07, 6.45) is 2.21. The van der Waals surface area contributed by atoms with Crippen LogP contribution in [0.5, 0.6) is 0 Å². The Morgan fingerprint density at radius 3 is 2.72 bits per heavy atom. The second-order valence-corrected chi connectivity index (χ2v) is 4.91. The maximum atomic E-state index is 11.8. The lowest BCUT2D eigenvalue weighted by Crippen LogP contribution is -2.33. The van der Waals surface area contributed by atoms with E-state index in [0.29, 0.717) is 18.7 Å². The van der Waals surface area contributed by atoms with Crippen LogP contribution in [0.1, 0.15) is 26.0 Å². The molecule has 18 heavy (non-hydrogen) atoms. The quantitative estimate of drug-likeness (QED) is 0.820. The van der Waals surface area contributed by atoms with Gasteiger partial charge < -0.3 is 15.1 Å². The van der Waals surface area contributed by atoms with Crippen molar-refractivity contribution >= 4 is 11.8 Å². The highest BCUT2D eigenvalue weighted by Gasteiger charge is 2.47. The van der Waals surface area contributed by atoms with Crippen LogP contribution in [0.3, 0.4) is 0 Å². The van der Waals surface area contributed by atoms with E-state index in [-0.39, 0.29) is 29.7 Å². The second kappa shape index (κ2) is 5.25. The lowest BCUT2D eigenvalue weighted by Gasteiger charge is -2.07. The zero-order valence-corrected chi connectivity index (χ0v) is 10.6. The molecule has 1 saturated carbocycles. The standard InChI is InChI=1S/C13H18N2O3/c1-8(2)15-13(17)11-6-10(11)12(16)14-7-9-4-3-5-18-9/h3-5,8,10-11H,6-7H2,1-2H3,(H,14,16)(H,15,17). The molecule has 0 spiro atoms. The van der Waals surface area contributed by atoms with Crippen molar-refractivity contribution in [2.24, 2.45) is 11.8 Å². The molecule has 2 unspecified atom stereocenters. The van der Waals surface area contributed by atoms with E-state index in [1.807, 2.05) is 13.8 Å². The van der Waals surface area contributed by atoms with E-state index in [2.05, 4.69) is 10.6 Å². The molecule has 2 rings (SSSR count). The zero-order chi connectivity index (χ0) is 13.1. The molecule has 5 heteroatoms. The molecule has 2 N–H and O–H groups in total. The third-order valence-electron chi connectivity index (χ3n) is 2.91. The highest BCUT2D eigenvalue weighted by Crippen LogP contribution is 2.38. The lowest BCUT2D eigenvalue weighted by atomic mass is 10.2. The van der Waals surface area contributed by atoms with Gasteiger partial charge in [0.25, 0.3) is 0 Å². The number of carbonyl (C=O) groups is 2. The van der Waals surface area contributed by atoms with Crippen molar-refractivity contribution in [1.82, 2.24) is 10.6 Å². The van der Waals surface area contributed by atoms with E-state index in [1.54, 1.807) is 18.4 Å². The van der Waals surface area contributed by atoms with Gasteiger partial charge >= 0.3 is 0 Å². The summed E-state index contributed by atoms with van der Waals surface area (Å²) in [5.74, 6) is 0.272. The van der Waals surface area contributed by atoms with Crippen LogP contribution in [0.25, 0.3) is 0 Å². The molecule has 0 bridgehead atoms. The molecule has 1 aromatic heterocycles. The Kier molecular flexibility index (Phi) is 3.69. The third-order valence-corrected chi connectivity index (χ3v) is 2.91. The summed E-state index contributed by atoms with van der Waals surface area (Å²) in [7, 11) is 0. The number of amides is 2. The molecular weight excluding hydrogens is 232 g/mol. The molecule has 1 aromatic rings. The van der Waals surface area contributed by atoms with Crippen molar-refractivity contribution < 1.29 is 14.0 Å². The third kappa shape index (κ3) is 3.12. The fraction of sp³-hybridized carbons (Fsp3) is 0.538. The molecule has 2 amide bonds. The predicted molar refractivity (Wildman–Crippen MR) is 65.4 cm³/mol. The van der Waals surface area contributed by atoms with Crippen molar-refractivity contribution in [2.45, 2.75) is 32.9 Å². The van der Waals surface area contributed by atoms with Gasteiger partial charge in [0, 0.05) is 6.04 Å². The van der Waals surface area contributed by atoms with Crippen molar-refractivity contribution in [3.8, 4) is 0 Å². The fourth-order valence-electron chi connectivity index (χ4n) is 1.88. The Labute approximate surface area is 106 Å². The molecule has 1 fully saturated rings. The summed E-state index contributed by atoms with van der Waals surface area (Å²) < 4.78 is 5.12. The van der Waals surface area contributed by atoms with Crippen LogP contribution in [0.2, 0.25) is 0 Å². The maximum absolute atomic E-state index is 11.8. The Hall–Kier alpha value is -1.78. The molecule has 1 aliphatic rings. The molecule has 1 aliphatic carbocycles. The number of hydrogen-bond acceptors (Lipinski definition) is 3. The summed E-state index contributed by atoms with van der Waals surface area (Å²) in [6, 6.07) is 3.69. The largest absolute Gasteiger partial charge is 0.467 e. The first kappa shape index (κ1) is 12.7. The average molecular weight is 250 g/mol. The number of rotatable bonds is 5. The molecule has 0 aromatic carbocycles. The van der Waals surface area contributed by atoms with E-state index < -0.39 is 0 Å². The Balaban J connectivity index is 1.74. The van der Waals surface area contributed by atoms with E-state index in [9.17, 15) is 9.59 Å². The Morgan fingerprint density at radius 2 is 2.11 bits per heavy atom. The van der Waals surface area contributed by atoms with Gasteiger partial charge in [-0.2, -0.15) is 0 Å². The van der Waals surface area contributed by atoms with Gasteiger partial charge in [-0.3, -0.25) is 9.59 Å². The molecule has 0 aliphatic heterocycles. The normalized spacial score (nSPS) is 21.7. The summed E-state index contributed by atoms with van der Waals surface area (Å²) in [6.45, 7) is 4.19. The van der Waals surface area contributed by atoms with Crippen LogP contribution in [0.15, 0.2) is 22.8 Å². The highest BCUT2D eigenvalue weighted by atomic mass is 16.3. The van der Waals surface area contributed by atoms with Crippen molar-refractivity contribution in [3.05, 3.63) is 24.2 Å². The van der Waals surface area contributed by atoms with Gasteiger partial charge in [0.1, 0.15) is 5.76 Å². The SMILES string of the molecule is CC(C)NC(=O)C1CC1C(=O)NCc1ccco1. The minimum atomic E-state index is -0.182. The predicted octanol–water partition coefficient (Wildman–Crippen LogP) is 1.06. The van der Waals surface area contributed by atoms with E-state index >= 15 is 0 Å². The van der Waals surface area contributed by atoms with Crippen LogP contribution >= 0.6 is 0 Å². The smallest absolute Gasteiger partial charge is 0.224 e. The van der Waals surface area contributed by atoms with Crippen molar-refractivity contribution in [2.75, 3.05) is 0 Å². The average Bonchev–Trinajstić information content (AvgIpc) is 2.95. The molecule has 5 nitrogen and oxygen atoms in total. The summed E-state index contributed by atoms with van der Waals surface area (Å²) in [4.78, 5) is 23.4. The first-order chi connectivity index (χ1) is 8.58. The number of nitrogens with one attached hydrogen (secondary N) is 2. The highest BCUT2D eigenvalue weighted by molar-refractivity contribution is 5.92.